The van der Waals surface area contributed by atoms with Crippen molar-refractivity contribution < 1.29 is 4.79 Å². The van der Waals surface area contributed by atoms with Crippen LogP contribution in [0.5, 0.6) is 0 Å². The van der Waals surface area contributed by atoms with Gasteiger partial charge in [-0.15, -0.1) is 0 Å². The molecule has 4 aromatic rings. The zero-order valence-corrected chi connectivity index (χ0v) is 21.4. The predicted octanol–water partition coefficient (Wildman–Crippen LogP) is 3.04. The van der Waals surface area contributed by atoms with Crippen LogP contribution in [0.15, 0.2) is 43.0 Å². The number of aryl methyl sites for hydroxylation is 3. The van der Waals surface area contributed by atoms with Gasteiger partial charge in [0.15, 0.2) is 5.82 Å². The van der Waals surface area contributed by atoms with Gasteiger partial charge < -0.3 is 20.4 Å². The summed E-state index contributed by atoms with van der Waals surface area (Å²) < 4.78 is 1.87. The normalized spacial score (nSPS) is 14.5. The predicted molar refractivity (Wildman–Crippen MR) is 140 cm³/mol. The Morgan fingerprint density at radius 1 is 1.00 bits per heavy atom. The number of hydrogen-bond acceptors (Lipinski definition) is 8. The van der Waals surface area contributed by atoms with Gasteiger partial charge in [-0.05, 0) is 39.3 Å². The summed E-state index contributed by atoms with van der Waals surface area (Å²) >= 11 is 0. The summed E-state index contributed by atoms with van der Waals surface area (Å²) in [5, 5.41) is 13.4. The highest BCUT2D eigenvalue weighted by atomic mass is 16.2. The van der Waals surface area contributed by atoms with Gasteiger partial charge in [0.25, 0.3) is 0 Å². The quantitative estimate of drug-likeness (QED) is 0.367. The number of amides is 2. The van der Waals surface area contributed by atoms with E-state index in [2.05, 4.69) is 45.7 Å². The molecule has 0 radical (unpaired) electrons. The number of imidazole rings is 1. The lowest BCUT2D eigenvalue weighted by Gasteiger charge is -2.35. The highest BCUT2D eigenvalue weighted by Gasteiger charge is 2.24. The lowest BCUT2D eigenvalue weighted by atomic mass is 10.1. The highest BCUT2D eigenvalue weighted by Crippen LogP contribution is 2.20. The number of carbonyl (C=O) groups is 1. The summed E-state index contributed by atoms with van der Waals surface area (Å²) in [4.78, 5) is 34.9. The SMILES string of the molecule is Cc1cn(-c2ccc(C(C)NC(=O)N3CCN(c4nc(C)cc(Nc5cc(C)[nH]n5)n4)CC3)cn2)cn1. The molecule has 5 heterocycles. The van der Waals surface area contributed by atoms with Crippen molar-refractivity contribution in [3.05, 3.63) is 65.6 Å². The second-order valence-electron chi connectivity index (χ2n) is 9.27. The van der Waals surface area contributed by atoms with E-state index in [4.69, 9.17) is 0 Å². The van der Waals surface area contributed by atoms with E-state index in [-0.39, 0.29) is 12.1 Å². The summed E-state index contributed by atoms with van der Waals surface area (Å²) in [7, 11) is 0. The summed E-state index contributed by atoms with van der Waals surface area (Å²) in [6, 6.07) is 7.44. The highest BCUT2D eigenvalue weighted by molar-refractivity contribution is 5.75. The third-order valence-corrected chi connectivity index (χ3v) is 6.24. The molecule has 1 unspecified atom stereocenters. The monoisotopic (exact) mass is 501 g/mol. The van der Waals surface area contributed by atoms with Crippen LogP contribution in [0.2, 0.25) is 0 Å². The number of hydrogen-bond donors (Lipinski definition) is 3. The maximum absolute atomic E-state index is 12.9. The first-order valence-corrected chi connectivity index (χ1v) is 12.3. The van der Waals surface area contributed by atoms with Gasteiger partial charge in [-0.3, -0.25) is 9.67 Å². The topological polar surface area (TPSA) is 133 Å². The van der Waals surface area contributed by atoms with Gasteiger partial charge in [0.1, 0.15) is 18.0 Å². The van der Waals surface area contributed by atoms with Gasteiger partial charge in [0, 0.05) is 62.1 Å². The van der Waals surface area contributed by atoms with Gasteiger partial charge in [0.05, 0.1) is 11.7 Å². The maximum atomic E-state index is 12.9. The first kappa shape index (κ1) is 24.2. The first-order valence-electron chi connectivity index (χ1n) is 12.3. The number of pyridine rings is 1. The molecule has 192 valence electrons. The summed E-state index contributed by atoms with van der Waals surface area (Å²) in [5.74, 6) is 2.82. The molecule has 1 aliphatic heterocycles. The number of urea groups is 1. The van der Waals surface area contributed by atoms with Crippen LogP contribution in [-0.4, -0.2) is 71.8 Å². The van der Waals surface area contributed by atoms with Crippen LogP contribution in [0.1, 0.15) is 35.6 Å². The van der Waals surface area contributed by atoms with Gasteiger partial charge in [-0.1, -0.05) is 6.07 Å². The average Bonchev–Trinajstić information content (AvgIpc) is 3.51. The van der Waals surface area contributed by atoms with Crippen molar-refractivity contribution in [2.24, 2.45) is 0 Å². The molecule has 5 rings (SSSR count). The van der Waals surface area contributed by atoms with Crippen molar-refractivity contribution in [1.29, 1.82) is 0 Å². The van der Waals surface area contributed by atoms with Crippen LogP contribution in [0.3, 0.4) is 0 Å². The Labute approximate surface area is 215 Å². The number of carbonyl (C=O) groups excluding carboxylic acids is 1. The summed E-state index contributed by atoms with van der Waals surface area (Å²) in [5.41, 5.74) is 3.70. The molecule has 12 heteroatoms. The van der Waals surface area contributed by atoms with Gasteiger partial charge >= 0.3 is 6.03 Å². The first-order chi connectivity index (χ1) is 17.8. The second-order valence-corrected chi connectivity index (χ2v) is 9.27. The van der Waals surface area contributed by atoms with E-state index in [1.165, 1.54) is 0 Å². The lowest BCUT2D eigenvalue weighted by molar-refractivity contribution is 0.191. The minimum atomic E-state index is -0.170. The van der Waals surface area contributed by atoms with E-state index in [0.717, 1.165) is 28.5 Å². The smallest absolute Gasteiger partial charge is 0.317 e. The van der Waals surface area contributed by atoms with E-state index in [1.807, 2.05) is 67.6 Å². The molecule has 1 fully saturated rings. The minimum absolute atomic E-state index is 0.0946. The van der Waals surface area contributed by atoms with E-state index < -0.39 is 0 Å². The number of nitrogens with one attached hydrogen (secondary N) is 3. The van der Waals surface area contributed by atoms with Crippen molar-refractivity contribution >= 4 is 23.6 Å². The van der Waals surface area contributed by atoms with E-state index >= 15 is 0 Å². The molecule has 1 saturated heterocycles. The van der Waals surface area contributed by atoms with Crippen LogP contribution in [0.25, 0.3) is 5.82 Å². The Hall–Kier alpha value is -4.48. The molecule has 0 spiro atoms. The van der Waals surface area contributed by atoms with Crippen LogP contribution in [0.4, 0.5) is 22.4 Å². The summed E-state index contributed by atoms with van der Waals surface area (Å²) in [6.07, 6.45) is 5.45. The van der Waals surface area contributed by atoms with E-state index in [1.54, 1.807) is 12.5 Å². The Bertz CT molecular complexity index is 1370. The number of H-pyrrole nitrogens is 1. The van der Waals surface area contributed by atoms with Gasteiger partial charge in [0.2, 0.25) is 5.95 Å². The largest absolute Gasteiger partial charge is 0.337 e. The van der Waals surface area contributed by atoms with Crippen molar-refractivity contribution in [3.63, 3.8) is 0 Å². The Morgan fingerprint density at radius 3 is 2.46 bits per heavy atom. The number of rotatable bonds is 6. The molecule has 12 nitrogen and oxygen atoms in total. The molecule has 0 aliphatic carbocycles. The molecule has 1 aliphatic rings. The summed E-state index contributed by atoms with van der Waals surface area (Å²) in [6.45, 7) is 10.2. The standard InChI is InChI=1S/C25H31N11O/c1-16-11-21(30-22-12-17(2)32-33-22)31-24(28-16)34-7-9-35(10-8-34)25(37)29-19(4)20-5-6-23(26-13-20)36-14-18(3)27-15-36/h5-6,11-15,19H,7-10H2,1-4H3,(H,29,37)(H2,28,30,31,32,33). The number of piperazine rings is 1. The molecule has 0 bridgehead atoms. The molecule has 1 atom stereocenters. The third-order valence-electron chi connectivity index (χ3n) is 6.24. The molecular formula is C25H31N11O. The van der Waals surface area contributed by atoms with Crippen LogP contribution in [-0.2, 0) is 0 Å². The van der Waals surface area contributed by atoms with Crippen LogP contribution >= 0.6 is 0 Å². The van der Waals surface area contributed by atoms with Crippen molar-refractivity contribution in [3.8, 4) is 5.82 Å². The zero-order chi connectivity index (χ0) is 25.9. The van der Waals surface area contributed by atoms with Crippen molar-refractivity contribution in [2.75, 3.05) is 36.4 Å². The van der Waals surface area contributed by atoms with Gasteiger partial charge in [-0.2, -0.15) is 10.1 Å². The average molecular weight is 502 g/mol. The molecule has 37 heavy (non-hydrogen) atoms. The number of aromatic nitrogens is 7. The van der Waals surface area contributed by atoms with Crippen LogP contribution in [0, 0.1) is 20.8 Å². The van der Waals surface area contributed by atoms with Crippen molar-refractivity contribution in [1.82, 2.24) is 44.9 Å². The fourth-order valence-corrected chi connectivity index (χ4v) is 4.19. The molecule has 0 saturated carbocycles. The molecule has 4 aromatic heterocycles. The fourth-order valence-electron chi connectivity index (χ4n) is 4.19. The lowest BCUT2D eigenvalue weighted by Crippen LogP contribution is -2.52. The van der Waals surface area contributed by atoms with E-state index in [0.29, 0.717) is 43.8 Å². The molecule has 3 N–H and O–H groups in total. The zero-order valence-electron chi connectivity index (χ0n) is 21.4. The number of nitrogens with zero attached hydrogens (tertiary/aromatic N) is 8. The fraction of sp³-hybridized carbons (Fsp3) is 0.360. The van der Waals surface area contributed by atoms with E-state index in [9.17, 15) is 4.79 Å². The van der Waals surface area contributed by atoms with Gasteiger partial charge in [-0.25, -0.2) is 19.7 Å². The minimum Gasteiger partial charge on any atom is -0.337 e. The molecule has 2 amide bonds. The number of anilines is 3. The van der Waals surface area contributed by atoms with Crippen LogP contribution < -0.4 is 15.5 Å². The Balaban J connectivity index is 1.16. The Morgan fingerprint density at radius 2 is 1.81 bits per heavy atom. The van der Waals surface area contributed by atoms with Crippen molar-refractivity contribution in [2.45, 2.75) is 33.7 Å². The molecule has 0 aromatic carbocycles. The Kier molecular flexibility index (Phi) is 6.71. The number of aromatic amines is 1. The molecular weight excluding hydrogens is 470 g/mol. The third kappa shape index (κ3) is 5.68. The maximum Gasteiger partial charge on any atom is 0.317 e. The second kappa shape index (κ2) is 10.2.